The molecule has 110 valence electrons. The fraction of sp³-hybridized carbons (Fsp3) is 0.533. The molecule has 1 fully saturated rings. The number of carbonyl (C=O) groups is 1. The highest BCUT2D eigenvalue weighted by Gasteiger charge is 2.25. The highest BCUT2D eigenvalue weighted by atomic mass is 35.5. The van der Waals surface area contributed by atoms with Crippen molar-refractivity contribution >= 4 is 29.1 Å². The Kier molecular flexibility index (Phi) is 5.30. The van der Waals surface area contributed by atoms with Gasteiger partial charge >= 0.3 is 0 Å². The van der Waals surface area contributed by atoms with Gasteiger partial charge in [0.25, 0.3) is 0 Å². The first-order valence-electron chi connectivity index (χ1n) is 6.94. The molecule has 1 aromatic rings. The van der Waals surface area contributed by atoms with Gasteiger partial charge in [0.2, 0.25) is 5.91 Å². The van der Waals surface area contributed by atoms with Gasteiger partial charge in [0.1, 0.15) is 0 Å². The summed E-state index contributed by atoms with van der Waals surface area (Å²) in [7, 11) is 0. The number of amides is 1. The van der Waals surface area contributed by atoms with E-state index in [1.54, 1.807) is 12.1 Å². The zero-order chi connectivity index (χ0) is 14.7. The lowest BCUT2D eigenvalue weighted by Crippen LogP contribution is -2.43. The van der Waals surface area contributed by atoms with E-state index in [1.807, 2.05) is 17.9 Å². The van der Waals surface area contributed by atoms with Gasteiger partial charge in [0.15, 0.2) is 0 Å². The second-order valence-electron chi connectivity index (χ2n) is 5.49. The average molecular weight is 315 g/mol. The summed E-state index contributed by atoms with van der Waals surface area (Å²) in [6.45, 7) is 3.61. The van der Waals surface area contributed by atoms with Crippen molar-refractivity contribution in [2.75, 3.05) is 13.1 Å². The van der Waals surface area contributed by atoms with Crippen LogP contribution >= 0.6 is 23.2 Å². The third kappa shape index (κ3) is 3.87. The van der Waals surface area contributed by atoms with Crippen LogP contribution in [0, 0.1) is 5.92 Å². The number of nitrogens with two attached hydrogens (primary N) is 1. The second-order valence-corrected chi connectivity index (χ2v) is 6.33. The summed E-state index contributed by atoms with van der Waals surface area (Å²) in [4.78, 5) is 14.2. The molecule has 1 saturated heterocycles. The van der Waals surface area contributed by atoms with Gasteiger partial charge < -0.3 is 10.6 Å². The van der Waals surface area contributed by atoms with Crippen molar-refractivity contribution in [1.29, 1.82) is 0 Å². The molecule has 1 amide bonds. The third-order valence-electron chi connectivity index (χ3n) is 3.99. The molecule has 1 aromatic carbocycles. The number of rotatable bonds is 3. The predicted molar refractivity (Wildman–Crippen MR) is 83.1 cm³/mol. The molecule has 0 spiro atoms. The van der Waals surface area contributed by atoms with Gasteiger partial charge in [0, 0.05) is 29.2 Å². The van der Waals surface area contributed by atoms with Crippen molar-refractivity contribution in [2.45, 2.75) is 32.2 Å². The van der Waals surface area contributed by atoms with Crippen LogP contribution in [0.1, 0.15) is 25.3 Å². The minimum atomic E-state index is 0.123. The molecule has 1 aliphatic rings. The highest BCUT2D eigenvalue weighted by molar-refractivity contribution is 6.35. The summed E-state index contributed by atoms with van der Waals surface area (Å²) in [5.74, 6) is 0.649. The summed E-state index contributed by atoms with van der Waals surface area (Å²) >= 11 is 12.0. The number of halogens is 2. The van der Waals surface area contributed by atoms with Gasteiger partial charge in [-0.05, 0) is 43.4 Å². The maximum Gasteiger partial charge on any atom is 0.227 e. The second kappa shape index (κ2) is 6.79. The Balaban J connectivity index is 1.93. The van der Waals surface area contributed by atoms with Gasteiger partial charge in [-0.15, -0.1) is 0 Å². The first-order valence-corrected chi connectivity index (χ1v) is 7.70. The van der Waals surface area contributed by atoms with Crippen LogP contribution in [0.3, 0.4) is 0 Å². The van der Waals surface area contributed by atoms with E-state index in [9.17, 15) is 4.79 Å². The first-order chi connectivity index (χ1) is 9.47. The molecule has 20 heavy (non-hydrogen) atoms. The quantitative estimate of drug-likeness (QED) is 0.931. The van der Waals surface area contributed by atoms with Crippen molar-refractivity contribution in [3.05, 3.63) is 33.8 Å². The molecular weight excluding hydrogens is 295 g/mol. The van der Waals surface area contributed by atoms with Gasteiger partial charge in [-0.1, -0.05) is 29.3 Å². The summed E-state index contributed by atoms with van der Waals surface area (Å²) < 4.78 is 0. The Morgan fingerprint density at radius 1 is 1.40 bits per heavy atom. The van der Waals surface area contributed by atoms with E-state index in [0.29, 0.717) is 22.4 Å². The molecule has 1 unspecified atom stereocenters. The predicted octanol–water partition coefficient (Wildman–Crippen LogP) is 3.12. The number of hydrogen-bond acceptors (Lipinski definition) is 2. The molecule has 0 aliphatic carbocycles. The molecule has 1 aliphatic heterocycles. The zero-order valence-electron chi connectivity index (χ0n) is 11.6. The summed E-state index contributed by atoms with van der Waals surface area (Å²) in [6.07, 6.45) is 2.30. The number of carbonyl (C=O) groups excluding carboxylic acids is 1. The van der Waals surface area contributed by atoms with E-state index < -0.39 is 0 Å². The minimum absolute atomic E-state index is 0.123. The summed E-state index contributed by atoms with van der Waals surface area (Å²) in [5, 5.41) is 1.14. The van der Waals surface area contributed by atoms with Crippen LogP contribution in [-0.4, -0.2) is 29.9 Å². The number of likely N-dealkylation sites (tertiary alicyclic amines) is 1. The molecule has 0 radical (unpaired) electrons. The maximum atomic E-state index is 12.3. The standard InChI is InChI=1S/C15H20Cl2N2O/c1-10(18)11-4-6-19(7-5-11)15(20)8-12-2-3-13(16)9-14(12)17/h2-3,9-11H,4-8,18H2,1H3. The van der Waals surface area contributed by atoms with Crippen LogP contribution in [0.2, 0.25) is 10.0 Å². The molecule has 0 bridgehead atoms. The van der Waals surface area contributed by atoms with E-state index >= 15 is 0 Å². The van der Waals surface area contributed by atoms with Crippen LogP contribution in [0.4, 0.5) is 0 Å². The van der Waals surface area contributed by atoms with Crippen LogP contribution in [0.25, 0.3) is 0 Å². The molecule has 1 atom stereocenters. The van der Waals surface area contributed by atoms with Gasteiger partial charge in [-0.3, -0.25) is 4.79 Å². The van der Waals surface area contributed by atoms with Crippen molar-refractivity contribution in [1.82, 2.24) is 4.90 Å². The fourth-order valence-electron chi connectivity index (χ4n) is 2.61. The van der Waals surface area contributed by atoms with Crippen molar-refractivity contribution in [3.63, 3.8) is 0 Å². The molecular formula is C15H20Cl2N2O. The van der Waals surface area contributed by atoms with E-state index in [4.69, 9.17) is 28.9 Å². The number of benzene rings is 1. The fourth-order valence-corrected chi connectivity index (χ4v) is 3.09. The lowest BCUT2D eigenvalue weighted by Gasteiger charge is -2.33. The number of nitrogens with zero attached hydrogens (tertiary/aromatic N) is 1. The maximum absolute atomic E-state index is 12.3. The van der Waals surface area contributed by atoms with Crippen molar-refractivity contribution < 1.29 is 4.79 Å². The Labute approximate surface area is 130 Å². The molecule has 1 heterocycles. The van der Waals surface area contributed by atoms with Gasteiger partial charge in [-0.25, -0.2) is 0 Å². The topological polar surface area (TPSA) is 46.3 Å². The molecule has 2 N–H and O–H groups in total. The molecule has 3 nitrogen and oxygen atoms in total. The van der Waals surface area contributed by atoms with E-state index in [2.05, 4.69) is 0 Å². The van der Waals surface area contributed by atoms with Crippen molar-refractivity contribution in [2.24, 2.45) is 11.7 Å². The summed E-state index contributed by atoms with van der Waals surface area (Å²) in [5.41, 5.74) is 6.74. The summed E-state index contributed by atoms with van der Waals surface area (Å²) in [6, 6.07) is 5.46. The van der Waals surface area contributed by atoms with Gasteiger partial charge in [-0.2, -0.15) is 0 Å². The van der Waals surface area contributed by atoms with Crippen LogP contribution in [0.5, 0.6) is 0 Å². The molecule has 0 saturated carbocycles. The van der Waals surface area contributed by atoms with E-state index in [1.165, 1.54) is 0 Å². The lowest BCUT2D eigenvalue weighted by molar-refractivity contribution is -0.131. The molecule has 5 heteroatoms. The monoisotopic (exact) mass is 314 g/mol. The normalized spacial score (nSPS) is 18.1. The Morgan fingerprint density at radius 2 is 2.05 bits per heavy atom. The Morgan fingerprint density at radius 3 is 2.60 bits per heavy atom. The third-order valence-corrected chi connectivity index (χ3v) is 4.58. The highest BCUT2D eigenvalue weighted by Crippen LogP contribution is 2.24. The number of piperidine rings is 1. The number of hydrogen-bond donors (Lipinski definition) is 1. The Hall–Kier alpha value is -0.770. The molecule has 2 rings (SSSR count). The van der Waals surface area contributed by atoms with Crippen molar-refractivity contribution in [3.8, 4) is 0 Å². The van der Waals surface area contributed by atoms with Crippen LogP contribution in [0.15, 0.2) is 18.2 Å². The van der Waals surface area contributed by atoms with Crippen LogP contribution in [-0.2, 0) is 11.2 Å². The first kappa shape index (κ1) is 15.6. The van der Waals surface area contributed by atoms with Gasteiger partial charge in [0.05, 0.1) is 6.42 Å². The minimum Gasteiger partial charge on any atom is -0.342 e. The average Bonchev–Trinajstić information content (AvgIpc) is 2.42. The molecule has 0 aromatic heterocycles. The zero-order valence-corrected chi connectivity index (χ0v) is 13.1. The SMILES string of the molecule is CC(N)C1CCN(C(=O)Cc2ccc(Cl)cc2Cl)CC1. The Bertz CT molecular complexity index is 483. The largest absolute Gasteiger partial charge is 0.342 e. The van der Waals surface area contributed by atoms with E-state index in [0.717, 1.165) is 31.5 Å². The van der Waals surface area contributed by atoms with E-state index in [-0.39, 0.29) is 11.9 Å². The smallest absolute Gasteiger partial charge is 0.227 e. The van der Waals surface area contributed by atoms with Crippen LogP contribution < -0.4 is 5.73 Å². The lowest BCUT2D eigenvalue weighted by atomic mass is 9.91.